The van der Waals surface area contributed by atoms with Gasteiger partial charge in [-0.15, -0.1) is 0 Å². The van der Waals surface area contributed by atoms with Gasteiger partial charge in [-0.2, -0.15) is 5.17 Å². The van der Waals surface area contributed by atoms with Crippen molar-refractivity contribution >= 4 is 11.4 Å². The molecule has 0 aromatic heterocycles. The Morgan fingerprint density at radius 1 is 0.850 bits per heavy atom. The largest absolute Gasteiger partial charge is 0.261 e. The summed E-state index contributed by atoms with van der Waals surface area (Å²) in [6.45, 7) is 3.12. The van der Waals surface area contributed by atoms with Gasteiger partial charge in [0.25, 0.3) is 0 Å². The first kappa shape index (κ1) is 14.4. The van der Waals surface area contributed by atoms with Gasteiger partial charge in [0.2, 0.25) is 0 Å². The molecular weight excluding hydrogens is 248 g/mol. The van der Waals surface area contributed by atoms with E-state index >= 15 is 0 Å². The summed E-state index contributed by atoms with van der Waals surface area (Å²) < 4.78 is 0. The normalized spacial score (nSPS) is 10.3. The van der Waals surface area contributed by atoms with Crippen LogP contribution in [0.4, 0.5) is 11.4 Å². The molecule has 3 heteroatoms. The van der Waals surface area contributed by atoms with Crippen LogP contribution in [0, 0.1) is 0 Å². The van der Waals surface area contributed by atoms with E-state index in [1.54, 1.807) is 7.11 Å². The Morgan fingerprint density at radius 2 is 1.40 bits per heavy atom. The molecule has 0 N–H and O–H groups in total. The predicted octanol–water partition coefficient (Wildman–Crippen LogP) is 4.28. The number of nitrogens with zero attached hydrogens (tertiary/aromatic N) is 2. The molecule has 0 unspecified atom stereocenters. The summed E-state index contributed by atoms with van der Waals surface area (Å²) in [5, 5.41) is 4.02. The van der Waals surface area contributed by atoms with E-state index in [0.717, 1.165) is 30.8 Å². The first-order valence-electron chi connectivity index (χ1n) is 7.08. The molecule has 2 aromatic carbocycles. The molecule has 0 amide bonds. The van der Waals surface area contributed by atoms with Crippen molar-refractivity contribution in [2.75, 3.05) is 23.8 Å². The van der Waals surface area contributed by atoms with Gasteiger partial charge < -0.3 is 0 Å². The third-order valence-corrected chi connectivity index (χ3v) is 3.15. The molecule has 0 atom stereocenters. The van der Waals surface area contributed by atoms with Crippen LogP contribution in [-0.2, 0) is 4.84 Å². The molecule has 2 rings (SSSR count). The van der Waals surface area contributed by atoms with Crippen LogP contribution in [-0.4, -0.2) is 13.7 Å². The molecule has 0 spiro atoms. The van der Waals surface area contributed by atoms with E-state index in [-0.39, 0.29) is 0 Å². The van der Waals surface area contributed by atoms with Crippen LogP contribution in [0.1, 0.15) is 19.8 Å². The van der Waals surface area contributed by atoms with E-state index < -0.39 is 0 Å². The maximum Gasteiger partial charge on any atom is 0.0880 e. The molecule has 0 aliphatic heterocycles. The Bertz CT molecular complexity index is 487. The van der Waals surface area contributed by atoms with Gasteiger partial charge in [-0.05, 0) is 30.7 Å². The zero-order chi connectivity index (χ0) is 14.2. The summed E-state index contributed by atoms with van der Waals surface area (Å²) in [5.74, 6) is 0. The van der Waals surface area contributed by atoms with Crippen molar-refractivity contribution in [2.24, 2.45) is 0 Å². The average molecular weight is 270 g/mol. The van der Waals surface area contributed by atoms with Gasteiger partial charge in [-0.25, -0.2) is 0 Å². The summed E-state index contributed by atoms with van der Waals surface area (Å²) in [6, 6.07) is 20.5. The number of rotatable bonds is 7. The van der Waals surface area contributed by atoms with Gasteiger partial charge in [-0.1, -0.05) is 49.7 Å². The number of para-hydroxylation sites is 2. The van der Waals surface area contributed by atoms with Crippen LogP contribution in [0.15, 0.2) is 60.7 Å². The Balaban J connectivity index is 2.29. The van der Waals surface area contributed by atoms with Gasteiger partial charge in [0, 0.05) is 6.54 Å². The fraction of sp³-hybridized carbons (Fsp3) is 0.294. The van der Waals surface area contributed by atoms with Crippen molar-refractivity contribution in [1.82, 2.24) is 0 Å². The lowest BCUT2D eigenvalue weighted by Crippen LogP contribution is -2.43. The number of unbranched alkanes of at least 4 members (excludes halogenated alkanes) is 1. The predicted molar refractivity (Wildman–Crippen MR) is 84.6 cm³/mol. The van der Waals surface area contributed by atoms with Gasteiger partial charge in [0.1, 0.15) is 0 Å². The molecule has 2 aromatic rings. The Kier molecular flexibility index (Phi) is 5.44. The van der Waals surface area contributed by atoms with Crippen LogP contribution in [0.25, 0.3) is 0 Å². The molecule has 20 heavy (non-hydrogen) atoms. The highest BCUT2D eigenvalue weighted by atomic mass is 16.7. The number of hydrogen-bond donors (Lipinski definition) is 0. The van der Waals surface area contributed by atoms with E-state index in [0.29, 0.717) is 0 Å². The summed E-state index contributed by atoms with van der Waals surface area (Å²) in [7, 11) is 1.70. The molecule has 0 bridgehead atoms. The molecule has 3 nitrogen and oxygen atoms in total. The van der Waals surface area contributed by atoms with Gasteiger partial charge in [0.05, 0.1) is 18.5 Å². The maximum atomic E-state index is 5.61. The van der Waals surface area contributed by atoms with Crippen molar-refractivity contribution in [1.29, 1.82) is 0 Å². The minimum atomic E-state index is 0.920. The third kappa shape index (κ3) is 3.52. The Morgan fingerprint density at radius 3 is 1.90 bits per heavy atom. The molecule has 0 radical (unpaired) electrons. The minimum Gasteiger partial charge on any atom is -0.261 e. The zero-order valence-corrected chi connectivity index (χ0v) is 12.2. The highest BCUT2D eigenvalue weighted by Gasteiger charge is 2.16. The molecule has 0 aliphatic rings. The summed E-state index contributed by atoms with van der Waals surface area (Å²) >= 11 is 0. The summed E-state index contributed by atoms with van der Waals surface area (Å²) in [5.41, 5.74) is 2.15. The first-order valence-corrected chi connectivity index (χ1v) is 7.08. The van der Waals surface area contributed by atoms with Crippen molar-refractivity contribution < 1.29 is 4.84 Å². The maximum absolute atomic E-state index is 5.61. The fourth-order valence-corrected chi connectivity index (χ4v) is 2.13. The highest BCUT2D eigenvalue weighted by Crippen LogP contribution is 2.23. The van der Waals surface area contributed by atoms with Crippen LogP contribution < -0.4 is 10.2 Å². The SMILES string of the molecule is CCCCN(c1ccccc1)N(OC)c1ccccc1. The molecule has 0 aliphatic carbocycles. The number of anilines is 2. The second kappa shape index (κ2) is 7.56. The van der Waals surface area contributed by atoms with Crippen molar-refractivity contribution in [3.63, 3.8) is 0 Å². The molecule has 0 heterocycles. The number of hydrazine groups is 1. The molecule has 0 fully saturated rings. The van der Waals surface area contributed by atoms with Crippen LogP contribution >= 0.6 is 0 Å². The second-order valence-corrected chi connectivity index (χ2v) is 4.60. The topological polar surface area (TPSA) is 15.7 Å². The first-order chi connectivity index (χ1) is 9.86. The smallest absolute Gasteiger partial charge is 0.0880 e. The van der Waals surface area contributed by atoms with E-state index in [1.165, 1.54) is 0 Å². The van der Waals surface area contributed by atoms with E-state index in [9.17, 15) is 0 Å². The van der Waals surface area contributed by atoms with E-state index in [1.807, 2.05) is 53.7 Å². The molecule has 106 valence electrons. The zero-order valence-electron chi connectivity index (χ0n) is 12.2. The molecular formula is C17H22N2O. The van der Waals surface area contributed by atoms with Crippen LogP contribution in [0.3, 0.4) is 0 Å². The van der Waals surface area contributed by atoms with E-state index in [2.05, 4.69) is 24.1 Å². The summed E-state index contributed by atoms with van der Waals surface area (Å²) in [6.07, 6.45) is 2.26. The molecule has 0 saturated heterocycles. The lowest BCUT2D eigenvalue weighted by molar-refractivity contribution is 0.158. The lowest BCUT2D eigenvalue weighted by atomic mass is 10.2. The quantitative estimate of drug-likeness (QED) is 0.699. The van der Waals surface area contributed by atoms with Gasteiger partial charge in [0.15, 0.2) is 0 Å². The number of benzene rings is 2. The van der Waals surface area contributed by atoms with Crippen molar-refractivity contribution in [3.05, 3.63) is 60.7 Å². The average Bonchev–Trinajstić information content (AvgIpc) is 2.53. The fourth-order valence-electron chi connectivity index (χ4n) is 2.13. The summed E-state index contributed by atoms with van der Waals surface area (Å²) in [4.78, 5) is 5.61. The standard InChI is InChI=1S/C17H22N2O/c1-3-4-15-18(16-11-7-5-8-12-16)19(20-2)17-13-9-6-10-14-17/h5-14H,3-4,15H2,1-2H3. The Hall–Kier alpha value is -2.00. The van der Waals surface area contributed by atoms with Gasteiger partial charge in [-0.3, -0.25) is 9.85 Å². The van der Waals surface area contributed by atoms with Crippen molar-refractivity contribution in [2.45, 2.75) is 19.8 Å². The lowest BCUT2D eigenvalue weighted by Gasteiger charge is -2.35. The Labute approximate surface area is 121 Å². The van der Waals surface area contributed by atoms with Crippen molar-refractivity contribution in [3.8, 4) is 0 Å². The minimum absolute atomic E-state index is 0.920. The van der Waals surface area contributed by atoms with Crippen LogP contribution in [0.5, 0.6) is 0 Å². The monoisotopic (exact) mass is 270 g/mol. The van der Waals surface area contributed by atoms with E-state index in [4.69, 9.17) is 4.84 Å². The van der Waals surface area contributed by atoms with Crippen LogP contribution in [0.2, 0.25) is 0 Å². The van der Waals surface area contributed by atoms with Gasteiger partial charge >= 0.3 is 0 Å². The highest BCUT2D eigenvalue weighted by molar-refractivity contribution is 5.55. The second-order valence-electron chi connectivity index (χ2n) is 4.60. The molecule has 0 saturated carbocycles. The third-order valence-electron chi connectivity index (χ3n) is 3.15. The number of hydrogen-bond acceptors (Lipinski definition) is 3.